The van der Waals surface area contributed by atoms with Crippen molar-refractivity contribution in [2.45, 2.75) is 24.0 Å². The van der Waals surface area contributed by atoms with Crippen LogP contribution in [0.25, 0.3) is 0 Å². The molecule has 0 bridgehead atoms. The summed E-state index contributed by atoms with van der Waals surface area (Å²) in [5.74, 6) is -3.63. The van der Waals surface area contributed by atoms with Gasteiger partial charge in [0.25, 0.3) is 5.91 Å². The number of hydrogen-bond acceptors (Lipinski definition) is 5. The van der Waals surface area contributed by atoms with Crippen LogP contribution >= 0.6 is 11.8 Å². The van der Waals surface area contributed by atoms with Gasteiger partial charge in [0.15, 0.2) is 0 Å². The Hall–Kier alpha value is -4.89. The van der Waals surface area contributed by atoms with E-state index in [4.69, 9.17) is 5.11 Å². The summed E-state index contributed by atoms with van der Waals surface area (Å²) in [5, 5.41) is 23.8. The Kier molecular flexibility index (Phi) is 8.66. The van der Waals surface area contributed by atoms with Crippen molar-refractivity contribution in [3.63, 3.8) is 0 Å². The monoisotopic (exact) mass is 554 g/mol. The van der Waals surface area contributed by atoms with Crippen molar-refractivity contribution in [1.29, 1.82) is 0 Å². The highest BCUT2D eigenvalue weighted by Gasteiger charge is 2.24. The van der Waals surface area contributed by atoms with Gasteiger partial charge in [0.1, 0.15) is 5.25 Å². The second-order valence-electron chi connectivity index (χ2n) is 9.07. The van der Waals surface area contributed by atoms with E-state index in [1.807, 2.05) is 68.4 Å². The molecule has 202 valence electrons. The Labute approximate surface area is 235 Å². The summed E-state index contributed by atoms with van der Waals surface area (Å²) in [6.07, 6.45) is 0. The first-order valence-electron chi connectivity index (χ1n) is 12.2. The van der Waals surface area contributed by atoms with E-state index in [0.29, 0.717) is 10.6 Å². The largest absolute Gasteiger partial charge is 0.478 e. The molecule has 0 spiro atoms. The van der Waals surface area contributed by atoms with Gasteiger partial charge in [0, 0.05) is 16.3 Å². The standard InChI is InChI=1S/C31H26N2O6S/c1-18-11-12-19(2)26(15-18)33-29(35)27(20-7-4-3-5-8-20)40-23-10-6-9-22(17-23)32-28(34)24-14-13-21(30(36)37)16-25(24)31(38)39/h3-17,27H,1-2H3,(H,32,34)(H,33,35)(H,36,37)(H,38,39). The second kappa shape index (κ2) is 12.3. The van der Waals surface area contributed by atoms with E-state index in [-0.39, 0.29) is 17.0 Å². The third-order valence-electron chi connectivity index (χ3n) is 6.08. The molecule has 2 amide bonds. The maximum Gasteiger partial charge on any atom is 0.336 e. The summed E-state index contributed by atoms with van der Waals surface area (Å²) < 4.78 is 0. The van der Waals surface area contributed by atoms with Crippen molar-refractivity contribution < 1.29 is 29.4 Å². The molecular weight excluding hydrogens is 528 g/mol. The lowest BCUT2D eigenvalue weighted by Gasteiger charge is -2.19. The molecule has 1 unspecified atom stereocenters. The molecule has 0 saturated carbocycles. The lowest BCUT2D eigenvalue weighted by molar-refractivity contribution is -0.115. The number of hydrogen-bond donors (Lipinski definition) is 4. The summed E-state index contributed by atoms with van der Waals surface area (Å²) in [5.41, 5.74) is 3.05. The highest BCUT2D eigenvalue weighted by atomic mass is 32.2. The van der Waals surface area contributed by atoms with Crippen LogP contribution in [-0.4, -0.2) is 34.0 Å². The van der Waals surface area contributed by atoms with Crippen molar-refractivity contribution in [1.82, 2.24) is 0 Å². The van der Waals surface area contributed by atoms with Crippen LogP contribution < -0.4 is 10.6 Å². The first-order valence-corrected chi connectivity index (χ1v) is 13.1. The number of carboxylic acid groups (broad SMARTS) is 2. The average molecular weight is 555 g/mol. The molecule has 0 fully saturated rings. The second-order valence-corrected chi connectivity index (χ2v) is 10.2. The molecule has 4 aromatic rings. The molecule has 0 aliphatic carbocycles. The minimum Gasteiger partial charge on any atom is -0.478 e. The van der Waals surface area contributed by atoms with Crippen LogP contribution in [0.2, 0.25) is 0 Å². The minimum absolute atomic E-state index is 0.175. The number of rotatable bonds is 9. The molecule has 0 aromatic heterocycles. The highest BCUT2D eigenvalue weighted by molar-refractivity contribution is 8.00. The first-order chi connectivity index (χ1) is 19.1. The molecule has 4 aromatic carbocycles. The quantitative estimate of drug-likeness (QED) is 0.175. The van der Waals surface area contributed by atoms with Gasteiger partial charge < -0.3 is 20.8 Å². The van der Waals surface area contributed by atoms with E-state index in [0.717, 1.165) is 28.4 Å². The van der Waals surface area contributed by atoms with E-state index in [1.165, 1.54) is 23.9 Å². The smallest absolute Gasteiger partial charge is 0.336 e. The lowest BCUT2D eigenvalue weighted by atomic mass is 10.0. The lowest BCUT2D eigenvalue weighted by Crippen LogP contribution is -2.19. The number of benzene rings is 4. The van der Waals surface area contributed by atoms with Crippen LogP contribution in [-0.2, 0) is 4.79 Å². The molecule has 4 N–H and O–H groups in total. The number of nitrogens with one attached hydrogen (secondary N) is 2. The Bertz CT molecular complexity index is 1600. The molecular formula is C31H26N2O6S. The van der Waals surface area contributed by atoms with E-state index < -0.39 is 28.7 Å². The van der Waals surface area contributed by atoms with E-state index in [1.54, 1.807) is 18.2 Å². The zero-order valence-electron chi connectivity index (χ0n) is 21.7. The predicted octanol–water partition coefficient (Wildman–Crippen LogP) is 6.42. The number of aryl methyl sites for hydroxylation is 2. The van der Waals surface area contributed by atoms with Gasteiger partial charge >= 0.3 is 11.9 Å². The minimum atomic E-state index is -1.42. The SMILES string of the molecule is Cc1ccc(C)c(NC(=O)C(Sc2cccc(NC(=O)c3ccc(C(=O)O)cc3C(=O)O)c2)c2ccccc2)c1. The van der Waals surface area contributed by atoms with Gasteiger partial charge in [-0.25, -0.2) is 9.59 Å². The summed E-state index contributed by atoms with van der Waals surface area (Å²) in [7, 11) is 0. The topological polar surface area (TPSA) is 133 Å². The normalized spacial score (nSPS) is 11.3. The Morgan fingerprint density at radius 3 is 2.17 bits per heavy atom. The summed E-state index contributed by atoms with van der Waals surface area (Å²) in [6, 6.07) is 25.4. The fourth-order valence-corrected chi connectivity index (χ4v) is 5.09. The van der Waals surface area contributed by atoms with Gasteiger partial charge in [-0.2, -0.15) is 0 Å². The summed E-state index contributed by atoms with van der Waals surface area (Å²) in [4.78, 5) is 50.1. The number of carbonyl (C=O) groups is 4. The van der Waals surface area contributed by atoms with Gasteiger partial charge in [-0.1, -0.05) is 48.5 Å². The fourth-order valence-electron chi connectivity index (χ4n) is 4.00. The Balaban J connectivity index is 1.58. The molecule has 9 heteroatoms. The average Bonchev–Trinajstić information content (AvgIpc) is 2.94. The number of thioether (sulfide) groups is 1. The number of aromatic carboxylic acids is 2. The zero-order valence-corrected chi connectivity index (χ0v) is 22.5. The number of carboxylic acids is 2. The van der Waals surface area contributed by atoms with Crippen molar-refractivity contribution in [3.05, 3.63) is 124 Å². The molecule has 8 nitrogen and oxygen atoms in total. The highest BCUT2D eigenvalue weighted by Crippen LogP contribution is 2.37. The Morgan fingerprint density at radius 2 is 1.48 bits per heavy atom. The van der Waals surface area contributed by atoms with Gasteiger partial charge in [-0.15, -0.1) is 11.8 Å². The van der Waals surface area contributed by atoms with Crippen LogP contribution in [0.5, 0.6) is 0 Å². The maximum atomic E-state index is 13.5. The van der Waals surface area contributed by atoms with Gasteiger partial charge in [0.05, 0.1) is 16.7 Å². The number of carbonyl (C=O) groups excluding carboxylic acids is 2. The summed E-state index contributed by atoms with van der Waals surface area (Å²) in [6.45, 7) is 3.88. The molecule has 4 rings (SSSR count). The van der Waals surface area contributed by atoms with E-state index in [9.17, 15) is 24.3 Å². The summed E-state index contributed by atoms with van der Waals surface area (Å²) >= 11 is 1.31. The van der Waals surface area contributed by atoms with Crippen LogP contribution in [0.4, 0.5) is 11.4 Å². The van der Waals surface area contributed by atoms with Crippen molar-refractivity contribution >= 4 is 46.9 Å². The van der Waals surface area contributed by atoms with Crippen LogP contribution in [0, 0.1) is 13.8 Å². The van der Waals surface area contributed by atoms with Gasteiger partial charge in [-0.05, 0) is 73.0 Å². The molecule has 0 heterocycles. The molecule has 0 saturated heterocycles. The van der Waals surface area contributed by atoms with Crippen molar-refractivity contribution in [3.8, 4) is 0 Å². The zero-order chi connectivity index (χ0) is 28.8. The van der Waals surface area contributed by atoms with Gasteiger partial charge in [0.2, 0.25) is 5.91 Å². The van der Waals surface area contributed by atoms with Crippen molar-refractivity contribution in [2.75, 3.05) is 10.6 Å². The molecule has 0 aliphatic rings. The first kappa shape index (κ1) is 28.1. The Morgan fingerprint density at radius 1 is 0.725 bits per heavy atom. The van der Waals surface area contributed by atoms with Crippen LogP contribution in [0.3, 0.4) is 0 Å². The molecule has 40 heavy (non-hydrogen) atoms. The fraction of sp³-hybridized carbons (Fsp3) is 0.0968. The third-order valence-corrected chi connectivity index (χ3v) is 7.33. The molecule has 0 radical (unpaired) electrons. The van der Waals surface area contributed by atoms with E-state index in [2.05, 4.69) is 10.6 Å². The van der Waals surface area contributed by atoms with Crippen molar-refractivity contribution in [2.24, 2.45) is 0 Å². The van der Waals surface area contributed by atoms with E-state index >= 15 is 0 Å². The molecule has 0 aliphatic heterocycles. The maximum absolute atomic E-state index is 13.5. The third kappa shape index (κ3) is 6.75. The molecule has 1 atom stereocenters. The van der Waals surface area contributed by atoms with Crippen LogP contribution in [0.1, 0.15) is 53.0 Å². The van der Waals surface area contributed by atoms with Gasteiger partial charge in [-0.3, -0.25) is 9.59 Å². The van der Waals surface area contributed by atoms with Crippen LogP contribution in [0.15, 0.2) is 95.9 Å². The number of amides is 2. The predicted molar refractivity (Wildman–Crippen MR) is 154 cm³/mol. The number of anilines is 2.